The molecule has 1 atom stereocenters. The molecule has 0 saturated heterocycles. The highest BCUT2D eigenvalue weighted by atomic mass is 79.9. The second kappa shape index (κ2) is 5.87. The van der Waals surface area contributed by atoms with Crippen LogP contribution in [-0.2, 0) is 0 Å². The van der Waals surface area contributed by atoms with E-state index in [1.165, 1.54) is 18.4 Å². The topological polar surface area (TPSA) is 21.3 Å². The summed E-state index contributed by atoms with van der Waals surface area (Å²) in [6, 6.07) is 6.65. The number of ether oxygens (including phenoxy) is 1. The molecule has 1 unspecified atom stereocenters. The zero-order chi connectivity index (χ0) is 12.3. The summed E-state index contributed by atoms with van der Waals surface area (Å²) in [6.45, 7) is 6.15. The largest absolute Gasteiger partial charge is 0.493 e. The predicted molar refractivity (Wildman–Crippen MR) is 74.5 cm³/mol. The van der Waals surface area contributed by atoms with Crippen molar-refractivity contribution in [3.63, 3.8) is 0 Å². The van der Waals surface area contributed by atoms with Gasteiger partial charge < -0.3 is 10.1 Å². The molecule has 17 heavy (non-hydrogen) atoms. The first-order valence-electron chi connectivity index (χ1n) is 6.36. The van der Waals surface area contributed by atoms with Crippen molar-refractivity contribution in [1.29, 1.82) is 0 Å². The number of hydrogen-bond acceptors (Lipinski definition) is 2. The van der Waals surface area contributed by atoms with Crippen LogP contribution in [0.3, 0.4) is 0 Å². The molecule has 1 aliphatic rings. The molecule has 3 heteroatoms. The third-order valence-corrected chi connectivity index (χ3v) is 3.82. The van der Waals surface area contributed by atoms with Crippen LogP contribution < -0.4 is 10.1 Å². The Hall–Kier alpha value is -0.540. The van der Waals surface area contributed by atoms with Crippen LogP contribution >= 0.6 is 15.9 Å². The Morgan fingerprint density at radius 2 is 2.24 bits per heavy atom. The Morgan fingerprint density at radius 3 is 2.82 bits per heavy atom. The molecule has 0 aliphatic heterocycles. The van der Waals surface area contributed by atoms with Gasteiger partial charge in [0.2, 0.25) is 0 Å². The third kappa shape index (κ3) is 3.71. The monoisotopic (exact) mass is 297 g/mol. The van der Waals surface area contributed by atoms with Crippen molar-refractivity contribution >= 4 is 15.9 Å². The van der Waals surface area contributed by atoms with Gasteiger partial charge in [0.05, 0.1) is 6.61 Å². The quantitative estimate of drug-likeness (QED) is 0.860. The molecule has 1 saturated carbocycles. The summed E-state index contributed by atoms with van der Waals surface area (Å²) in [5.41, 5.74) is 1.28. The van der Waals surface area contributed by atoms with Crippen LogP contribution in [0.4, 0.5) is 0 Å². The highest BCUT2D eigenvalue weighted by molar-refractivity contribution is 9.10. The molecule has 2 nitrogen and oxygen atoms in total. The van der Waals surface area contributed by atoms with Crippen LogP contribution in [-0.4, -0.2) is 13.2 Å². The molecule has 1 fully saturated rings. The Morgan fingerprint density at radius 1 is 1.47 bits per heavy atom. The molecule has 94 valence electrons. The Kier molecular flexibility index (Phi) is 4.46. The first-order chi connectivity index (χ1) is 8.20. The Labute approximate surface area is 112 Å². The van der Waals surface area contributed by atoms with Crippen LogP contribution in [0.5, 0.6) is 5.75 Å². The molecule has 0 bridgehead atoms. The van der Waals surface area contributed by atoms with E-state index >= 15 is 0 Å². The maximum atomic E-state index is 5.76. The minimum atomic E-state index is 0.367. The third-order valence-electron chi connectivity index (χ3n) is 3.13. The lowest BCUT2D eigenvalue weighted by atomic mass is 10.1. The molecule has 0 amide bonds. The van der Waals surface area contributed by atoms with Crippen LogP contribution in [0.15, 0.2) is 22.7 Å². The van der Waals surface area contributed by atoms with Crippen LogP contribution in [0.2, 0.25) is 0 Å². The summed E-state index contributed by atoms with van der Waals surface area (Å²) in [6.07, 6.45) is 2.66. The van der Waals surface area contributed by atoms with E-state index in [-0.39, 0.29) is 0 Å². The Balaban J connectivity index is 1.99. The van der Waals surface area contributed by atoms with Crippen LogP contribution in [0.25, 0.3) is 0 Å². The zero-order valence-corrected chi connectivity index (χ0v) is 12.1. The van der Waals surface area contributed by atoms with Crippen molar-refractivity contribution in [3.8, 4) is 5.75 Å². The summed E-state index contributed by atoms with van der Waals surface area (Å²) in [7, 11) is 0. The van der Waals surface area contributed by atoms with E-state index in [0.717, 1.165) is 29.3 Å². The molecular weight excluding hydrogens is 278 g/mol. The fraction of sp³-hybridized carbons (Fsp3) is 0.571. The van der Waals surface area contributed by atoms with Gasteiger partial charge in [0.1, 0.15) is 5.75 Å². The van der Waals surface area contributed by atoms with Gasteiger partial charge in [-0.25, -0.2) is 0 Å². The van der Waals surface area contributed by atoms with E-state index in [1.54, 1.807) is 0 Å². The van der Waals surface area contributed by atoms with E-state index in [1.807, 2.05) is 0 Å². The molecule has 0 heterocycles. The van der Waals surface area contributed by atoms with Crippen molar-refractivity contribution in [3.05, 3.63) is 28.2 Å². The second-order valence-electron chi connectivity index (χ2n) is 4.72. The normalized spacial score (nSPS) is 16.9. The standard InChI is InChI=1S/C14H20BrNO/c1-3-16-10(2)13-7-6-12(8-14(13)15)17-9-11-4-5-11/h6-8,10-11,16H,3-5,9H2,1-2H3. The summed E-state index contributed by atoms with van der Waals surface area (Å²) in [5.74, 6) is 1.77. The van der Waals surface area contributed by atoms with Gasteiger partial charge in [0, 0.05) is 10.5 Å². The van der Waals surface area contributed by atoms with Gasteiger partial charge in [-0.05, 0) is 49.9 Å². The molecular formula is C14H20BrNO. The lowest BCUT2D eigenvalue weighted by Crippen LogP contribution is -2.18. The number of hydrogen-bond donors (Lipinski definition) is 1. The van der Waals surface area contributed by atoms with Gasteiger partial charge in [0.25, 0.3) is 0 Å². The molecule has 1 N–H and O–H groups in total. The van der Waals surface area contributed by atoms with Crippen molar-refractivity contribution in [2.24, 2.45) is 5.92 Å². The molecule has 1 aliphatic carbocycles. The highest BCUT2D eigenvalue weighted by Gasteiger charge is 2.22. The minimum absolute atomic E-state index is 0.367. The molecule has 1 aromatic rings. The van der Waals surface area contributed by atoms with Crippen molar-refractivity contribution < 1.29 is 4.74 Å². The summed E-state index contributed by atoms with van der Waals surface area (Å²) in [5, 5.41) is 3.41. The number of benzene rings is 1. The van der Waals surface area contributed by atoms with Gasteiger partial charge >= 0.3 is 0 Å². The lowest BCUT2D eigenvalue weighted by Gasteiger charge is -2.15. The maximum absolute atomic E-state index is 5.76. The maximum Gasteiger partial charge on any atom is 0.120 e. The molecule has 0 aromatic heterocycles. The molecule has 2 rings (SSSR count). The summed E-state index contributed by atoms with van der Waals surface area (Å²) >= 11 is 3.62. The minimum Gasteiger partial charge on any atom is -0.493 e. The van der Waals surface area contributed by atoms with Gasteiger partial charge in [0.15, 0.2) is 0 Å². The summed E-state index contributed by atoms with van der Waals surface area (Å²) < 4.78 is 6.88. The van der Waals surface area contributed by atoms with E-state index in [9.17, 15) is 0 Å². The van der Waals surface area contributed by atoms with Gasteiger partial charge in [-0.2, -0.15) is 0 Å². The fourth-order valence-corrected chi connectivity index (χ4v) is 2.56. The van der Waals surface area contributed by atoms with Gasteiger partial charge in [-0.3, -0.25) is 0 Å². The first-order valence-corrected chi connectivity index (χ1v) is 7.15. The fourth-order valence-electron chi connectivity index (χ4n) is 1.86. The molecule has 1 aromatic carbocycles. The molecule has 0 spiro atoms. The number of rotatable bonds is 6. The van der Waals surface area contributed by atoms with Gasteiger partial charge in [-0.15, -0.1) is 0 Å². The van der Waals surface area contributed by atoms with Crippen molar-refractivity contribution in [2.45, 2.75) is 32.7 Å². The highest BCUT2D eigenvalue weighted by Crippen LogP contribution is 2.31. The van der Waals surface area contributed by atoms with Crippen molar-refractivity contribution in [1.82, 2.24) is 5.32 Å². The van der Waals surface area contributed by atoms with E-state index in [4.69, 9.17) is 4.74 Å². The first kappa shape index (κ1) is 12.9. The smallest absolute Gasteiger partial charge is 0.120 e. The number of halogens is 1. The predicted octanol–water partition coefficient (Wildman–Crippen LogP) is 3.91. The molecule has 0 radical (unpaired) electrons. The van der Waals surface area contributed by atoms with Crippen LogP contribution in [0.1, 0.15) is 38.3 Å². The average molecular weight is 298 g/mol. The lowest BCUT2D eigenvalue weighted by molar-refractivity contribution is 0.299. The number of nitrogens with one attached hydrogen (secondary N) is 1. The average Bonchev–Trinajstić information content (AvgIpc) is 3.10. The van der Waals surface area contributed by atoms with Gasteiger partial charge in [-0.1, -0.05) is 28.9 Å². The van der Waals surface area contributed by atoms with Crippen LogP contribution in [0, 0.1) is 5.92 Å². The SMILES string of the molecule is CCNC(C)c1ccc(OCC2CC2)cc1Br. The van der Waals surface area contributed by atoms with E-state index < -0.39 is 0 Å². The van der Waals surface area contributed by atoms with E-state index in [2.05, 4.69) is 53.3 Å². The van der Waals surface area contributed by atoms with E-state index in [0.29, 0.717) is 6.04 Å². The zero-order valence-electron chi connectivity index (χ0n) is 10.5. The summed E-state index contributed by atoms with van der Waals surface area (Å²) in [4.78, 5) is 0. The van der Waals surface area contributed by atoms with Crippen molar-refractivity contribution in [2.75, 3.05) is 13.2 Å². The Bertz CT molecular complexity index is 376. The second-order valence-corrected chi connectivity index (χ2v) is 5.57.